The summed E-state index contributed by atoms with van der Waals surface area (Å²) >= 11 is 0. The smallest absolute Gasteiger partial charge is 0.337 e. The minimum atomic E-state index is -1.36. The number of carboxylic acids is 1. The molecular weight excluding hydrogens is 254 g/mol. The van der Waals surface area contributed by atoms with E-state index in [0.717, 1.165) is 0 Å². The van der Waals surface area contributed by atoms with Gasteiger partial charge >= 0.3 is 5.97 Å². The molecule has 0 saturated carbocycles. The van der Waals surface area contributed by atoms with Gasteiger partial charge in [0.15, 0.2) is 6.23 Å². The van der Waals surface area contributed by atoms with E-state index in [-0.39, 0.29) is 17.9 Å². The highest BCUT2D eigenvalue weighted by atomic mass is 16.5. The standard InChI is InChI=1S/C12H15NO6/c14-8-5-19-11(10(16)9(8)15)13-7-4-2-1-3-6(7)12(17)18/h1-4,8-11,13-16H,5H2,(H,17,18)/t8-,9-,10+,11+/m0/s1. The van der Waals surface area contributed by atoms with Crippen LogP contribution in [0.2, 0.25) is 0 Å². The van der Waals surface area contributed by atoms with E-state index < -0.39 is 30.5 Å². The second-order valence-corrected chi connectivity index (χ2v) is 4.30. The van der Waals surface area contributed by atoms with Crippen LogP contribution in [0.5, 0.6) is 0 Å². The molecule has 1 fully saturated rings. The quantitative estimate of drug-likeness (QED) is 0.489. The number of aliphatic hydroxyl groups is 3. The average molecular weight is 269 g/mol. The molecule has 1 saturated heterocycles. The molecular formula is C12H15NO6. The second kappa shape index (κ2) is 5.54. The summed E-state index contributed by atoms with van der Waals surface area (Å²) in [6, 6.07) is 6.14. The van der Waals surface area contributed by atoms with Gasteiger partial charge in [0, 0.05) is 0 Å². The zero-order valence-electron chi connectivity index (χ0n) is 9.93. The molecule has 7 heteroatoms. The van der Waals surface area contributed by atoms with Gasteiger partial charge in [-0.05, 0) is 12.1 Å². The number of ether oxygens (including phenoxy) is 1. The predicted octanol–water partition coefficient (Wildman–Crippen LogP) is -0.764. The Balaban J connectivity index is 2.15. The normalized spacial score (nSPS) is 30.9. The molecule has 1 aromatic carbocycles. The van der Waals surface area contributed by atoms with Crippen LogP contribution in [0.15, 0.2) is 24.3 Å². The zero-order chi connectivity index (χ0) is 14.0. The number of hydrogen-bond acceptors (Lipinski definition) is 6. The number of carboxylic acid groups (broad SMARTS) is 1. The minimum Gasteiger partial charge on any atom is -0.478 e. The Hall–Kier alpha value is -1.67. The third-order valence-corrected chi connectivity index (χ3v) is 2.96. The second-order valence-electron chi connectivity index (χ2n) is 4.30. The summed E-state index contributed by atoms with van der Waals surface area (Å²) in [5.74, 6) is -1.12. The molecule has 0 radical (unpaired) electrons. The summed E-state index contributed by atoms with van der Waals surface area (Å²) in [6.07, 6.45) is -4.85. The number of nitrogens with one attached hydrogen (secondary N) is 1. The Morgan fingerprint density at radius 2 is 1.89 bits per heavy atom. The molecule has 0 unspecified atom stereocenters. The molecule has 2 rings (SSSR count). The summed E-state index contributed by atoms with van der Waals surface area (Å²) in [5.41, 5.74) is 0.293. The van der Waals surface area contributed by atoms with Gasteiger partial charge in [-0.2, -0.15) is 0 Å². The summed E-state index contributed by atoms with van der Waals surface area (Å²) in [7, 11) is 0. The average Bonchev–Trinajstić information content (AvgIpc) is 2.40. The van der Waals surface area contributed by atoms with Crippen molar-refractivity contribution in [2.45, 2.75) is 24.5 Å². The Labute approximate surface area is 109 Å². The van der Waals surface area contributed by atoms with E-state index >= 15 is 0 Å². The molecule has 0 aromatic heterocycles. The monoisotopic (exact) mass is 269 g/mol. The van der Waals surface area contributed by atoms with E-state index in [4.69, 9.17) is 9.84 Å². The predicted molar refractivity (Wildman–Crippen MR) is 64.8 cm³/mol. The topological polar surface area (TPSA) is 119 Å². The molecule has 0 amide bonds. The van der Waals surface area contributed by atoms with Crippen molar-refractivity contribution in [2.75, 3.05) is 11.9 Å². The van der Waals surface area contributed by atoms with E-state index in [9.17, 15) is 20.1 Å². The third-order valence-electron chi connectivity index (χ3n) is 2.96. The van der Waals surface area contributed by atoms with Crippen LogP contribution < -0.4 is 5.32 Å². The van der Waals surface area contributed by atoms with Crippen molar-refractivity contribution in [1.29, 1.82) is 0 Å². The van der Waals surface area contributed by atoms with Crippen molar-refractivity contribution in [3.05, 3.63) is 29.8 Å². The fourth-order valence-electron chi connectivity index (χ4n) is 1.88. The number of anilines is 1. The molecule has 1 aliphatic heterocycles. The van der Waals surface area contributed by atoms with Gasteiger partial charge < -0.3 is 30.5 Å². The molecule has 19 heavy (non-hydrogen) atoms. The number of aromatic carboxylic acids is 1. The lowest BCUT2D eigenvalue weighted by molar-refractivity contribution is -0.178. The number of para-hydroxylation sites is 1. The van der Waals surface area contributed by atoms with Crippen molar-refractivity contribution in [3.63, 3.8) is 0 Å². The summed E-state index contributed by atoms with van der Waals surface area (Å²) < 4.78 is 5.15. The Bertz CT molecular complexity index is 465. The molecule has 4 atom stereocenters. The summed E-state index contributed by atoms with van der Waals surface area (Å²) in [5, 5.41) is 40.3. The van der Waals surface area contributed by atoms with Crippen molar-refractivity contribution in [3.8, 4) is 0 Å². The Kier molecular flexibility index (Phi) is 4.01. The van der Waals surface area contributed by atoms with Crippen LogP contribution in [0.3, 0.4) is 0 Å². The van der Waals surface area contributed by atoms with Gasteiger partial charge in [0.05, 0.1) is 17.9 Å². The fourth-order valence-corrected chi connectivity index (χ4v) is 1.88. The Morgan fingerprint density at radius 1 is 1.21 bits per heavy atom. The van der Waals surface area contributed by atoms with E-state index in [1.807, 2.05) is 0 Å². The zero-order valence-corrected chi connectivity index (χ0v) is 9.93. The molecule has 1 aliphatic rings. The van der Waals surface area contributed by atoms with Gasteiger partial charge in [0.1, 0.15) is 18.3 Å². The third kappa shape index (κ3) is 2.85. The molecule has 5 N–H and O–H groups in total. The number of hydrogen-bond donors (Lipinski definition) is 5. The SMILES string of the molecule is O=C(O)c1ccccc1N[C@@H]1OC[C@H](O)[C@H](O)[C@H]1O. The lowest BCUT2D eigenvalue weighted by Gasteiger charge is -2.36. The molecule has 0 bridgehead atoms. The maximum atomic E-state index is 11.0. The Morgan fingerprint density at radius 3 is 2.58 bits per heavy atom. The summed E-state index contributed by atoms with van der Waals surface area (Å²) in [6.45, 7) is -0.148. The van der Waals surface area contributed by atoms with Gasteiger partial charge in [0.25, 0.3) is 0 Å². The highest BCUT2D eigenvalue weighted by Crippen LogP contribution is 2.21. The number of rotatable bonds is 3. The first-order chi connectivity index (χ1) is 9.00. The molecule has 7 nitrogen and oxygen atoms in total. The van der Waals surface area contributed by atoms with Gasteiger partial charge in [0.2, 0.25) is 0 Å². The fraction of sp³-hybridized carbons (Fsp3) is 0.417. The first kappa shape index (κ1) is 13.8. The molecule has 0 aliphatic carbocycles. The van der Waals surface area contributed by atoms with E-state index in [1.54, 1.807) is 12.1 Å². The first-order valence-electron chi connectivity index (χ1n) is 5.75. The van der Waals surface area contributed by atoms with Crippen LogP contribution >= 0.6 is 0 Å². The first-order valence-corrected chi connectivity index (χ1v) is 5.75. The van der Waals surface area contributed by atoms with Crippen molar-refractivity contribution < 1.29 is 30.0 Å². The molecule has 1 aromatic rings. The van der Waals surface area contributed by atoms with Gasteiger partial charge in [-0.15, -0.1) is 0 Å². The maximum absolute atomic E-state index is 11.0. The van der Waals surface area contributed by atoms with Crippen LogP contribution in [0.25, 0.3) is 0 Å². The van der Waals surface area contributed by atoms with Crippen LogP contribution in [-0.4, -0.2) is 57.5 Å². The van der Waals surface area contributed by atoms with Crippen molar-refractivity contribution in [1.82, 2.24) is 0 Å². The van der Waals surface area contributed by atoms with Crippen LogP contribution in [-0.2, 0) is 4.74 Å². The number of carbonyl (C=O) groups is 1. The molecule has 104 valence electrons. The van der Waals surface area contributed by atoms with Crippen molar-refractivity contribution >= 4 is 11.7 Å². The van der Waals surface area contributed by atoms with Crippen molar-refractivity contribution in [2.24, 2.45) is 0 Å². The largest absolute Gasteiger partial charge is 0.478 e. The van der Waals surface area contributed by atoms with Crippen LogP contribution in [0.1, 0.15) is 10.4 Å². The number of benzene rings is 1. The molecule has 1 heterocycles. The van der Waals surface area contributed by atoms with Gasteiger partial charge in [-0.3, -0.25) is 0 Å². The highest BCUT2D eigenvalue weighted by Gasteiger charge is 2.37. The minimum absolute atomic E-state index is 0.0268. The van der Waals surface area contributed by atoms with E-state index in [2.05, 4.69) is 5.32 Å². The lowest BCUT2D eigenvalue weighted by Crippen LogP contribution is -2.55. The molecule has 0 spiro atoms. The maximum Gasteiger partial charge on any atom is 0.337 e. The number of aliphatic hydroxyl groups excluding tert-OH is 3. The van der Waals surface area contributed by atoms with Gasteiger partial charge in [-0.25, -0.2) is 4.79 Å². The van der Waals surface area contributed by atoms with Crippen LogP contribution in [0, 0.1) is 0 Å². The van der Waals surface area contributed by atoms with E-state index in [0.29, 0.717) is 0 Å². The summed E-state index contributed by atoms with van der Waals surface area (Å²) in [4.78, 5) is 11.0. The lowest BCUT2D eigenvalue weighted by atomic mass is 10.0. The van der Waals surface area contributed by atoms with E-state index in [1.165, 1.54) is 12.1 Å². The van der Waals surface area contributed by atoms with Gasteiger partial charge in [-0.1, -0.05) is 12.1 Å². The van der Waals surface area contributed by atoms with Crippen LogP contribution in [0.4, 0.5) is 5.69 Å². The highest BCUT2D eigenvalue weighted by molar-refractivity contribution is 5.94.